The van der Waals surface area contributed by atoms with Crippen LogP contribution in [0.3, 0.4) is 0 Å². The van der Waals surface area contributed by atoms with Gasteiger partial charge < -0.3 is 19.5 Å². The van der Waals surface area contributed by atoms with Gasteiger partial charge in [0, 0.05) is 10.6 Å². The van der Waals surface area contributed by atoms with Gasteiger partial charge >= 0.3 is 0 Å². The molecule has 0 aliphatic carbocycles. The molecule has 26 heavy (non-hydrogen) atoms. The maximum Gasteiger partial charge on any atom is 0.288 e. The number of ether oxygens (including phenoxy) is 3. The molecule has 8 heteroatoms. The molecule has 140 valence electrons. The van der Waals surface area contributed by atoms with E-state index in [9.17, 15) is 13.6 Å². The van der Waals surface area contributed by atoms with Crippen LogP contribution in [-0.4, -0.2) is 32.5 Å². The highest BCUT2D eigenvalue weighted by molar-refractivity contribution is 7.99. The van der Waals surface area contributed by atoms with Crippen molar-refractivity contribution in [3.05, 3.63) is 42.0 Å². The molecule has 0 bridgehead atoms. The Morgan fingerprint density at radius 2 is 1.69 bits per heavy atom. The zero-order valence-corrected chi connectivity index (χ0v) is 15.4. The Balaban J connectivity index is 1.99. The van der Waals surface area contributed by atoms with Crippen LogP contribution in [0.25, 0.3) is 0 Å². The molecule has 1 N–H and O–H groups in total. The average molecular weight is 383 g/mol. The van der Waals surface area contributed by atoms with Crippen molar-refractivity contribution in [1.29, 1.82) is 0 Å². The maximum atomic E-state index is 12.3. The van der Waals surface area contributed by atoms with E-state index in [0.717, 1.165) is 5.56 Å². The van der Waals surface area contributed by atoms with Crippen LogP contribution >= 0.6 is 11.8 Å². The van der Waals surface area contributed by atoms with E-state index >= 15 is 0 Å². The minimum atomic E-state index is -2.48. The Bertz CT molecular complexity index is 728. The lowest BCUT2D eigenvalue weighted by atomic mass is 10.2. The number of anilines is 1. The second kappa shape index (κ2) is 9.28. The predicted octanol–water partition coefficient (Wildman–Crippen LogP) is 4.34. The smallest absolute Gasteiger partial charge is 0.288 e. The number of amides is 1. The molecule has 2 rings (SSSR count). The van der Waals surface area contributed by atoms with Gasteiger partial charge in [-0.2, -0.15) is 8.78 Å². The minimum Gasteiger partial charge on any atom is -0.493 e. The summed E-state index contributed by atoms with van der Waals surface area (Å²) in [7, 11) is 3.00. The van der Waals surface area contributed by atoms with Gasteiger partial charge in [0.1, 0.15) is 0 Å². The number of hydrogen-bond acceptors (Lipinski definition) is 5. The summed E-state index contributed by atoms with van der Waals surface area (Å²) < 4.78 is 40.7. The number of carbonyl (C=O) groups is 1. The van der Waals surface area contributed by atoms with Crippen molar-refractivity contribution in [2.24, 2.45) is 0 Å². The second-order valence-electron chi connectivity index (χ2n) is 5.24. The van der Waals surface area contributed by atoms with Gasteiger partial charge in [-0.05, 0) is 48.9 Å². The Morgan fingerprint density at radius 3 is 2.19 bits per heavy atom. The summed E-state index contributed by atoms with van der Waals surface area (Å²) in [6.07, 6.45) is 0. The van der Waals surface area contributed by atoms with Gasteiger partial charge in [0.05, 0.1) is 14.2 Å². The van der Waals surface area contributed by atoms with E-state index in [1.165, 1.54) is 26.4 Å². The lowest BCUT2D eigenvalue weighted by molar-refractivity contribution is -0.118. The van der Waals surface area contributed by atoms with E-state index < -0.39 is 11.7 Å². The van der Waals surface area contributed by atoms with Gasteiger partial charge in [0.2, 0.25) is 5.75 Å². The summed E-state index contributed by atoms with van der Waals surface area (Å²) in [4.78, 5) is 12.5. The Morgan fingerprint density at radius 1 is 1.12 bits per heavy atom. The first-order valence-corrected chi connectivity index (χ1v) is 8.51. The number of rotatable bonds is 8. The minimum absolute atomic E-state index is 0.261. The first kappa shape index (κ1) is 19.8. The van der Waals surface area contributed by atoms with Crippen molar-refractivity contribution in [1.82, 2.24) is 0 Å². The largest absolute Gasteiger partial charge is 0.493 e. The number of aryl methyl sites for hydroxylation is 1. The van der Waals surface area contributed by atoms with Crippen LogP contribution < -0.4 is 19.5 Å². The molecule has 1 amide bonds. The number of nitrogens with one attached hydrogen (secondary N) is 1. The number of alkyl halides is 2. The topological polar surface area (TPSA) is 56.8 Å². The normalized spacial score (nSPS) is 10.5. The predicted molar refractivity (Wildman–Crippen MR) is 96.7 cm³/mol. The van der Waals surface area contributed by atoms with Gasteiger partial charge in [0.15, 0.2) is 18.1 Å². The third kappa shape index (κ3) is 5.52. The molecule has 0 saturated carbocycles. The summed E-state index contributed by atoms with van der Waals surface area (Å²) in [5.41, 5.74) is 1.41. The first-order valence-electron chi connectivity index (χ1n) is 7.63. The van der Waals surface area contributed by atoms with Gasteiger partial charge in [0.25, 0.3) is 11.7 Å². The molecule has 0 unspecified atom stereocenters. The van der Waals surface area contributed by atoms with Crippen LogP contribution in [0.1, 0.15) is 5.56 Å². The molecule has 0 aliphatic rings. The number of carbonyl (C=O) groups excluding carboxylic acids is 1. The van der Waals surface area contributed by atoms with Crippen LogP contribution in [0.4, 0.5) is 14.5 Å². The SMILES string of the molecule is COc1cc(C)cc(OC)c1OCC(=O)Nc1ccc(SC(F)F)cc1. The highest BCUT2D eigenvalue weighted by atomic mass is 32.2. The lowest BCUT2D eigenvalue weighted by Crippen LogP contribution is -2.20. The molecular formula is C18H19F2NO4S. The van der Waals surface area contributed by atoms with Crippen LogP contribution in [0.5, 0.6) is 17.2 Å². The zero-order valence-electron chi connectivity index (χ0n) is 14.5. The van der Waals surface area contributed by atoms with Crippen molar-refractivity contribution < 1.29 is 27.8 Å². The fourth-order valence-corrected chi connectivity index (χ4v) is 2.71. The summed E-state index contributed by atoms with van der Waals surface area (Å²) >= 11 is 0.444. The van der Waals surface area contributed by atoms with E-state index in [1.54, 1.807) is 24.3 Å². The molecule has 5 nitrogen and oxygen atoms in total. The molecule has 0 saturated heterocycles. The van der Waals surface area contributed by atoms with E-state index in [1.807, 2.05) is 6.92 Å². The Kier molecular flexibility index (Phi) is 7.08. The van der Waals surface area contributed by atoms with E-state index in [0.29, 0.717) is 39.6 Å². The third-order valence-electron chi connectivity index (χ3n) is 3.32. The van der Waals surface area contributed by atoms with Gasteiger partial charge in [-0.1, -0.05) is 11.8 Å². The lowest BCUT2D eigenvalue weighted by Gasteiger charge is -2.15. The van der Waals surface area contributed by atoms with Gasteiger partial charge in [-0.15, -0.1) is 0 Å². The summed E-state index contributed by atoms with van der Waals surface area (Å²) in [5.74, 6) is -1.63. The molecule has 0 fully saturated rings. The standard InChI is InChI=1S/C18H19F2NO4S/c1-11-8-14(23-2)17(15(9-11)24-3)25-10-16(22)21-12-4-6-13(7-5-12)26-18(19)20/h4-9,18H,10H2,1-3H3,(H,21,22). The Labute approximate surface area is 154 Å². The first-order chi connectivity index (χ1) is 12.4. The molecule has 0 spiro atoms. The van der Waals surface area contributed by atoms with Crippen LogP contribution in [0.2, 0.25) is 0 Å². The number of methoxy groups -OCH3 is 2. The van der Waals surface area contributed by atoms with Crippen LogP contribution in [0, 0.1) is 6.92 Å². The number of halogens is 2. The van der Waals surface area contributed by atoms with E-state index in [-0.39, 0.29) is 6.61 Å². The molecular weight excluding hydrogens is 364 g/mol. The van der Waals surface area contributed by atoms with E-state index in [4.69, 9.17) is 14.2 Å². The van der Waals surface area contributed by atoms with Crippen molar-refractivity contribution in [2.75, 3.05) is 26.1 Å². The molecule has 0 heterocycles. The fraction of sp³-hybridized carbons (Fsp3) is 0.278. The van der Waals surface area contributed by atoms with Crippen molar-refractivity contribution in [2.45, 2.75) is 17.6 Å². The highest BCUT2D eigenvalue weighted by Gasteiger charge is 2.15. The van der Waals surface area contributed by atoms with Crippen LogP contribution in [0.15, 0.2) is 41.3 Å². The molecule has 0 aromatic heterocycles. The van der Waals surface area contributed by atoms with Crippen molar-refractivity contribution >= 4 is 23.4 Å². The van der Waals surface area contributed by atoms with E-state index in [2.05, 4.69) is 5.32 Å². The molecule has 0 radical (unpaired) electrons. The highest BCUT2D eigenvalue weighted by Crippen LogP contribution is 2.38. The molecule has 0 aliphatic heterocycles. The third-order valence-corrected chi connectivity index (χ3v) is 4.04. The Hall–Kier alpha value is -2.48. The van der Waals surface area contributed by atoms with Gasteiger partial charge in [-0.3, -0.25) is 4.79 Å². The number of thioether (sulfide) groups is 1. The average Bonchev–Trinajstić information content (AvgIpc) is 2.61. The van der Waals surface area contributed by atoms with Gasteiger partial charge in [-0.25, -0.2) is 0 Å². The summed E-state index contributed by atoms with van der Waals surface area (Å²) in [6, 6.07) is 9.67. The van der Waals surface area contributed by atoms with Crippen molar-refractivity contribution in [3.63, 3.8) is 0 Å². The van der Waals surface area contributed by atoms with Crippen molar-refractivity contribution in [3.8, 4) is 17.2 Å². The monoisotopic (exact) mass is 383 g/mol. The molecule has 0 atom stereocenters. The number of benzene rings is 2. The second-order valence-corrected chi connectivity index (χ2v) is 6.30. The maximum absolute atomic E-state index is 12.3. The molecule has 2 aromatic carbocycles. The summed E-state index contributed by atoms with van der Waals surface area (Å²) in [6.45, 7) is 1.63. The fourth-order valence-electron chi connectivity index (χ4n) is 2.21. The molecule has 2 aromatic rings. The number of hydrogen-bond donors (Lipinski definition) is 1. The zero-order chi connectivity index (χ0) is 19.1. The van der Waals surface area contributed by atoms with Crippen LogP contribution in [-0.2, 0) is 4.79 Å². The quantitative estimate of drug-likeness (QED) is 0.687. The summed E-state index contributed by atoms with van der Waals surface area (Å²) in [5, 5.41) is 2.64.